The third-order valence-corrected chi connectivity index (χ3v) is 5.23. The van der Waals surface area contributed by atoms with Crippen LogP contribution in [0, 0.1) is 0 Å². The highest BCUT2D eigenvalue weighted by atomic mass is 16.5. The zero-order valence-corrected chi connectivity index (χ0v) is 16.9. The van der Waals surface area contributed by atoms with Gasteiger partial charge in [0.2, 0.25) is 11.9 Å². The molecule has 1 amide bonds. The smallest absolute Gasteiger partial charge is 0.228 e. The van der Waals surface area contributed by atoms with E-state index < -0.39 is 0 Å². The number of amides is 1. The Morgan fingerprint density at radius 3 is 2.80 bits per heavy atom. The van der Waals surface area contributed by atoms with Gasteiger partial charge in [0, 0.05) is 44.0 Å². The van der Waals surface area contributed by atoms with Crippen LogP contribution in [-0.2, 0) is 11.2 Å². The number of rotatable bonds is 7. The molecule has 2 aromatic heterocycles. The van der Waals surface area contributed by atoms with Crippen molar-refractivity contribution < 1.29 is 9.53 Å². The lowest BCUT2D eigenvalue weighted by atomic mass is 10.1. The van der Waals surface area contributed by atoms with Crippen molar-refractivity contribution >= 4 is 17.7 Å². The van der Waals surface area contributed by atoms with E-state index in [4.69, 9.17) is 4.74 Å². The minimum Gasteiger partial charge on any atom is -0.497 e. The summed E-state index contributed by atoms with van der Waals surface area (Å²) in [5, 5.41) is 3.06. The van der Waals surface area contributed by atoms with Gasteiger partial charge >= 0.3 is 0 Å². The van der Waals surface area contributed by atoms with Crippen LogP contribution >= 0.6 is 0 Å². The van der Waals surface area contributed by atoms with Crippen LogP contribution in [0.15, 0.2) is 55.1 Å². The first kappa shape index (κ1) is 19.8. The van der Waals surface area contributed by atoms with Crippen molar-refractivity contribution in [2.24, 2.45) is 0 Å². The standard InChI is InChI=1S/C22H24N6O2/c1-30-18-5-2-16(3-6-18)4-7-21(29)28-13-9-17(15-28)19-8-10-25-22(26-19)27-20-14-23-11-12-24-20/h2-3,5-6,8,10-12,14,17H,4,7,9,13,15H2,1H3,(H,24,25,26,27). The van der Waals surface area contributed by atoms with Gasteiger partial charge in [-0.1, -0.05) is 12.1 Å². The minimum atomic E-state index is 0.181. The number of nitrogens with one attached hydrogen (secondary N) is 1. The zero-order chi connectivity index (χ0) is 20.8. The molecule has 1 atom stereocenters. The fourth-order valence-electron chi connectivity index (χ4n) is 3.57. The van der Waals surface area contributed by atoms with Crippen LogP contribution in [0.25, 0.3) is 0 Å². The lowest BCUT2D eigenvalue weighted by Crippen LogP contribution is -2.28. The SMILES string of the molecule is COc1ccc(CCC(=O)N2CCC(c3ccnc(Nc4cnccn4)n3)C2)cc1. The highest BCUT2D eigenvalue weighted by Crippen LogP contribution is 2.27. The second-order valence-electron chi connectivity index (χ2n) is 7.19. The quantitative estimate of drug-likeness (QED) is 0.647. The molecule has 0 bridgehead atoms. The fraction of sp³-hybridized carbons (Fsp3) is 0.318. The zero-order valence-electron chi connectivity index (χ0n) is 16.9. The topological polar surface area (TPSA) is 93.1 Å². The summed E-state index contributed by atoms with van der Waals surface area (Å²) in [5.41, 5.74) is 2.07. The molecule has 30 heavy (non-hydrogen) atoms. The average Bonchev–Trinajstić information content (AvgIpc) is 3.29. The summed E-state index contributed by atoms with van der Waals surface area (Å²) in [4.78, 5) is 31.7. The number of aromatic nitrogens is 4. The van der Waals surface area contributed by atoms with Crippen LogP contribution < -0.4 is 10.1 Å². The number of carbonyl (C=O) groups excluding carboxylic acids is 1. The third-order valence-electron chi connectivity index (χ3n) is 5.23. The van der Waals surface area contributed by atoms with E-state index in [0.29, 0.717) is 24.7 Å². The van der Waals surface area contributed by atoms with Gasteiger partial charge in [0.15, 0.2) is 5.82 Å². The molecule has 1 aliphatic heterocycles. The number of methoxy groups -OCH3 is 1. The van der Waals surface area contributed by atoms with Gasteiger partial charge in [0.05, 0.1) is 19.0 Å². The van der Waals surface area contributed by atoms with Crippen molar-refractivity contribution in [2.45, 2.75) is 25.2 Å². The molecule has 0 aliphatic carbocycles. The van der Waals surface area contributed by atoms with E-state index in [1.807, 2.05) is 35.2 Å². The van der Waals surface area contributed by atoms with E-state index in [0.717, 1.165) is 36.4 Å². The molecule has 1 saturated heterocycles. The van der Waals surface area contributed by atoms with Gasteiger partial charge in [-0.3, -0.25) is 9.78 Å². The van der Waals surface area contributed by atoms with Crippen LogP contribution in [-0.4, -0.2) is 50.9 Å². The Morgan fingerprint density at radius 1 is 1.17 bits per heavy atom. The van der Waals surface area contributed by atoms with Gasteiger partial charge in [-0.25, -0.2) is 15.0 Å². The van der Waals surface area contributed by atoms with Crippen molar-refractivity contribution in [2.75, 3.05) is 25.5 Å². The largest absolute Gasteiger partial charge is 0.497 e. The number of hydrogen-bond acceptors (Lipinski definition) is 7. The molecule has 0 spiro atoms. The average molecular weight is 404 g/mol. The summed E-state index contributed by atoms with van der Waals surface area (Å²) in [5.74, 6) is 2.29. The Bertz CT molecular complexity index is 980. The van der Waals surface area contributed by atoms with E-state index in [-0.39, 0.29) is 11.8 Å². The lowest BCUT2D eigenvalue weighted by molar-refractivity contribution is -0.130. The van der Waals surface area contributed by atoms with Crippen molar-refractivity contribution in [1.82, 2.24) is 24.8 Å². The summed E-state index contributed by atoms with van der Waals surface area (Å²) >= 11 is 0. The highest BCUT2D eigenvalue weighted by molar-refractivity contribution is 5.76. The first-order chi connectivity index (χ1) is 14.7. The number of nitrogens with zero attached hydrogens (tertiary/aromatic N) is 5. The molecule has 0 radical (unpaired) electrons. The Balaban J connectivity index is 1.32. The maximum Gasteiger partial charge on any atom is 0.228 e. The molecule has 4 rings (SSSR count). The molecule has 1 aliphatic rings. The number of hydrogen-bond donors (Lipinski definition) is 1. The number of aryl methyl sites for hydroxylation is 1. The number of carbonyl (C=O) groups is 1. The molecule has 154 valence electrons. The maximum absolute atomic E-state index is 12.7. The van der Waals surface area contributed by atoms with Crippen LogP contribution in [0.5, 0.6) is 5.75 Å². The molecule has 1 fully saturated rings. The Kier molecular flexibility index (Phi) is 6.12. The van der Waals surface area contributed by atoms with Gasteiger partial charge < -0.3 is 15.0 Å². The first-order valence-electron chi connectivity index (χ1n) is 9.98. The highest BCUT2D eigenvalue weighted by Gasteiger charge is 2.28. The molecule has 1 unspecified atom stereocenters. The fourth-order valence-corrected chi connectivity index (χ4v) is 3.57. The Hall–Kier alpha value is -3.55. The molecule has 1 N–H and O–H groups in total. The van der Waals surface area contributed by atoms with E-state index in [1.54, 1.807) is 31.9 Å². The van der Waals surface area contributed by atoms with Gasteiger partial charge in [0.25, 0.3) is 0 Å². The van der Waals surface area contributed by atoms with E-state index in [9.17, 15) is 4.79 Å². The summed E-state index contributed by atoms with van der Waals surface area (Å²) in [6, 6.07) is 9.77. The second kappa shape index (κ2) is 9.30. The molecule has 8 heteroatoms. The van der Waals surface area contributed by atoms with E-state index in [1.165, 1.54) is 0 Å². The molecular formula is C22H24N6O2. The van der Waals surface area contributed by atoms with Crippen LogP contribution in [0.3, 0.4) is 0 Å². The van der Waals surface area contributed by atoms with E-state index >= 15 is 0 Å². The predicted molar refractivity (Wildman–Crippen MR) is 113 cm³/mol. The van der Waals surface area contributed by atoms with Crippen LogP contribution in [0.1, 0.15) is 30.0 Å². The summed E-state index contributed by atoms with van der Waals surface area (Å²) in [6.45, 7) is 1.44. The van der Waals surface area contributed by atoms with Crippen molar-refractivity contribution in [3.8, 4) is 5.75 Å². The van der Waals surface area contributed by atoms with Crippen LogP contribution in [0.4, 0.5) is 11.8 Å². The normalized spacial score (nSPS) is 15.8. The van der Waals surface area contributed by atoms with Gasteiger partial charge in [-0.05, 0) is 36.6 Å². The molecular weight excluding hydrogens is 380 g/mol. The van der Waals surface area contributed by atoms with Crippen molar-refractivity contribution in [3.05, 3.63) is 66.4 Å². The second-order valence-corrected chi connectivity index (χ2v) is 7.19. The van der Waals surface area contributed by atoms with Crippen LogP contribution in [0.2, 0.25) is 0 Å². The summed E-state index contributed by atoms with van der Waals surface area (Å²) in [7, 11) is 1.65. The minimum absolute atomic E-state index is 0.181. The van der Waals surface area contributed by atoms with Gasteiger partial charge in [-0.2, -0.15) is 0 Å². The molecule has 8 nitrogen and oxygen atoms in total. The summed E-state index contributed by atoms with van der Waals surface area (Å²) < 4.78 is 5.17. The number of likely N-dealkylation sites (tertiary alicyclic amines) is 1. The molecule has 1 aromatic carbocycles. The number of benzene rings is 1. The Morgan fingerprint density at radius 2 is 2.03 bits per heavy atom. The first-order valence-corrected chi connectivity index (χ1v) is 9.98. The predicted octanol–water partition coefficient (Wildman–Crippen LogP) is 2.97. The molecule has 3 aromatic rings. The van der Waals surface area contributed by atoms with Crippen molar-refractivity contribution in [3.63, 3.8) is 0 Å². The molecule has 3 heterocycles. The summed E-state index contributed by atoms with van der Waals surface area (Å²) in [6.07, 6.45) is 8.70. The Labute approximate surface area is 175 Å². The lowest BCUT2D eigenvalue weighted by Gasteiger charge is -2.17. The third kappa shape index (κ3) is 4.89. The van der Waals surface area contributed by atoms with E-state index in [2.05, 4.69) is 25.3 Å². The van der Waals surface area contributed by atoms with Gasteiger partial charge in [0.1, 0.15) is 5.75 Å². The monoisotopic (exact) mass is 404 g/mol. The number of anilines is 2. The van der Waals surface area contributed by atoms with Gasteiger partial charge in [-0.15, -0.1) is 0 Å². The van der Waals surface area contributed by atoms with Crippen molar-refractivity contribution in [1.29, 1.82) is 0 Å². The maximum atomic E-state index is 12.7. The number of ether oxygens (including phenoxy) is 1. The molecule has 0 saturated carbocycles.